The molecular weight excluding hydrogens is 194 g/mol. The molecule has 1 heterocycles. The van der Waals surface area contributed by atoms with Crippen LogP contribution in [-0.2, 0) is 12.8 Å². The van der Waals surface area contributed by atoms with Gasteiger partial charge in [-0.05, 0) is 37.9 Å². The molecule has 76 valence electrons. The van der Waals surface area contributed by atoms with E-state index in [9.17, 15) is 0 Å². The zero-order valence-corrected chi connectivity index (χ0v) is 9.16. The third-order valence-corrected chi connectivity index (χ3v) is 2.97. The van der Waals surface area contributed by atoms with Crippen LogP contribution in [0.15, 0.2) is 0 Å². The van der Waals surface area contributed by atoms with Gasteiger partial charge in [0.25, 0.3) is 0 Å². The average molecular weight is 209 g/mol. The minimum absolute atomic E-state index is 0.146. The first-order valence-electron chi connectivity index (χ1n) is 5.10. The summed E-state index contributed by atoms with van der Waals surface area (Å²) < 4.78 is 0.592. The van der Waals surface area contributed by atoms with E-state index in [-0.39, 0.29) is 6.04 Å². The summed E-state index contributed by atoms with van der Waals surface area (Å²) in [6.45, 7) is 2.10. The molecule has 1 aromatic rings. The Kier molecular flexibility index (Phi) is 2.65. The molecule has 1 unspecified atom stereocenters. The van der Waals surface area contributed by atoms with Gasteiger partial charge in [-0.25, -0.2) is 4.98 Å². The summed E-state index contributed by atoms with van der Waals surface area (Å²) in [5.74, 6) is 0. The van der Waals surface area contributed by atoms with Gasteiger partial charge < -0.3 is 10.7 Å². The summed E-state index contributed by atoms with van der Waals surface area (Å²) >= 11 is 5.08. The third kappa shape index (κ3) is 1.60. The van der Waals surface area contributed by atoms with Crippen molar-refractivity contribution in [3.63, 3.8) is 0 Å². The smallest absolute Gasteiger partial charge is 0.197 e. The van der Waals surface area contributed by atoms with Crippen molar-refractivity contribution in [3.8, 4) is 0 Å². The Hall–Kier alpha value is -0.740. The molecule has 0 bridgehead atoms. The van der Waals surface area contributed by atoms with E-state index in [2.05, 4.69) is 16.9 Å². The Morgan fingerprint density at radius 1 is 1.64 bits per heavy atom. The van der Waals surface area contributed by atoms with E-state index in [0.29, 0.717) is 4.77 Å². The van der Waals surface area contributed by atoms with Crippen molar-refractivity contribution in [2.45, 2.75) is 38.6 Å². The average Bonchev–Trinajstić information content (AvgIpc) is 2.16. The van der Waals surface area contributed by atoms with Gasteiger partial charge in [0.1, 0.15) is 0 Å². The van der Waals surface area contributed by atoms with Crippen LogP contribution in [0, 0.1) is 4.77 Å². The number of nitrogens with zero attached hydrogens (tertiary/aromatic N) is 1. The second-order valence-electron chi connectivity index (χ2n) is 3.73. The molecule has 0 radical (unpaired) electrons. The number of rotatable bonds is 1. The van der Waals surface area contributed by atoms with Crippen molar-refractivity contribution in [2.24, 2.45) is 5.73 Å². The van der Waals surface area contributed by atoms with Crippen molar-refractivity contribution in [1.29, 1.82) is 0 Å². The van der Waals surface area contributed by atoms with Crippen LogP contribution in [0.2, 0.25) is 0 Å². The van der Waals surface area contributed by atoms with E-state index >= 15 is 0 Å². The van der Waals surface area contributed by atoms with Gasteiger partial charge in [0.15, 0.2) is 4.77 Å². The maximum atomic E-state index is 6.08. The van der Waals surface area contributed by atoms with Crippen molar-refractivity contribution < 1.29 is 0 Å². The zero-order valence-electron chi connectivity index (χ0n) is 8.34. The van der Waals surface area contributed by atoms with Crippen LogP contribution in [0.5, 0.6) is 0 Å². The van der Waals surface area contributed by atoms with Gasteiger partial charge in [-0.1, -0.05) is 6.92 Å². The first-order valence-corrected chi connectivity index (χ1v) is 5.50. The lowest BCUT2D eigenvalue weighted by Gasteiger charge is -2.23. The molecule has 4 heteroatoms. The number of nitrogens with two attached hydrogens (primary N) is 1. The summed E-state index contributed by atoms with van der Waals surface area (Å²) in [5.41, 5.74) is 9.58. The first kappa shape index (κ1) is 9.80. The topological polar surface area (TPSA) is 54.7 Å². The van der Waals surface area contributed by atoms with E-state index in [1.807, 2.05) is 0 Å². The Labute approximate surface area is 88.8 Å². The van der Waals surface area contributed by atoms with Crippen LogP contribution in [0.25, 0.3) is 0 Å². The minimum atomic E-state index is 0.146. The molecule has 1 aromatic heterocycles. The number of aromatic nitrogens is 2. The lowest BCUT2D eigenvalue weighted by atomic mass is 9.90. The monoisotopic (exact) mass is 209 g/mol. The van der Waals surface area contributed by atoms with Gasteiger partial charge in [0, 0.05) is 23.0 Å². The van der Waals surface area contributed by atoms with Gasteiger partial charge in [0.2, 0.25) is 0 Å². The maximum absolute atomic E-state index is 6.08. The number of aromatic amines is 1. The Morgan fingerprint density at radius 2 is 2.43 bits per heavy atom. The second-order valence-corrected chi connectivity index (χ2v) is 4.12. The number of aryl methyl sites for hydroxylation is 2. The predicted molar refractivity (Wildman–Crippen MR) is 58.7 cm³/mol. The van der Waals surface area contributed by atoms with Gasteiger partial charge >= 0.3 is 0 Å². The largest absolute Gasteiger partial charge is 0.334 e. The Morgan fingerprint density at radius 3 is 3.14 bits per heavy atom. The molecule has 3 nitrogen and oxygen atoms in total. The molecule has 0 spiro atoms. The van der Waals surface area contributed by atoms with Crippen molar-refractivity contribution >= 4 is 12.2 Å². The van der Waals surface area contributed by atoms with E-state index in [4.69, 9.17) is 18.0 Å². The lowest BCUT2D eigenvalue weighted by molar-refractivity contribution is 0.548. The van der Waals surface area contributed by atoms with Crippen molar-refractivity contribution in [1.82, 2.24) is 9.97 Å². The van der Waals surface area contributed by atoms with Gasteiger partial charge in [0.05, 0.1) is 0 Å². The van der Waals surface area contributed by atoms with E-state index in [1.165, 1.54) is 11.3 Å². The van der Waals surface area contributed by atoms with E-state index in [1.54, 1.807) is 0 Å². The molecule has 0 saturated heterocycles. The molecule has 0 aromatic carbocycles. The standard InChI is InChI=1S/C10H15N3S/c1-2-7-9-6(11)4-3-5-8(9)13-10(14)12-7/h6H,2-5,11H2,1H3,(H,12,13,14). The highest BCUT2D eigenvalue weighted by molar-refractivity contribution is 7.71. The van der Waals surface area contributed by atoms with Gasteiger partial charge in [-0.3, -0.25) is 0 Å². The summed E-state index contributed by atoms with van der Waals surface area (Å²) in [5, 5.41) is 0. The van der Waals surface area contributed by atoms with Crippen LogP contribution in [0.4, 0.5) is 0 Å². The molecule has 0 saturated carbocycles. The van der Waals surface area contributed by atoms with Gasteiger partial charge in [-0.15, -0.1) is 0 Å². The predicted octanol–water partition coefficient (Wildman–Crippen LogP) is 2.04. The fourth-order valence-electron chi connectivity index (χ4n) is 2.13. The van der Waals surface area contributed by atoms with E-state index < -0.39 is 0 Å². The van der Waals surface area contributed by atoms with Crippen LogP contribution >= 0.6 is 12.2 Å². The zero-order chi connectivity index (χ0) is 10.1. The SMILES string of the molecule is CCc1nc(=S)[nH]c2c1C(N)CCC2. The minimum Gasteiger partial charge on any atom is -0.334 e. The highest BCUT2D eigenvalue weighted by atomic mass is 32.1. The molecular formula is C10H15N3S. The molecule has 2 rings (SSSR count). The number of fused-ring (bicyclic) bond motifs is 1. The number of H-pyrrole nitrogens is 1. The molecule has 1 aliphatic carbocycles. The third-order valence-electron chi connectivity index (χ3n) is 2.78. The van der Waals surface area contributed by atoms with Crippen LogP contribution in [0.1, 0.15) is 42.8 Å². The fraction of sp³-hybridized carbons (Fsp3) is 0.600. The highest BCUT2D eigenvalue weighted by Gasteiger charge is 2.20. The number of hydrogen-bond donors (Lipinski definition) is 2. The summed E-state index contributed by atoms with van der Waals surface area (Å²) in [6.07, 6.45) is 4.18. The molecule has 1 aliphatic rings. The molecule has 14 heavy (non-hydrogen) atoms. The molecule has 0 amide bonds. The van der Waals surface area contributed by atoms with Gasteiger partial charge in [-0.2, -0.15) is 0 Å². The fourth-order valence-corrected chi connectivity index (χ4v) is 2.36. The van der Waals surface area contributed by atoms with Crippen molar-refractivity contribution in [3.05, 3.63) is 21.7 Å². The highest BCUT2D eigenvalue weighted by Crippen LogP contribution is 2.28. The lowest BCUT2D eigenvalue weighted by Crippen LogP contribution is -2.21. The van der Waals surface area contributed by atoms with Crippen LogP contribution < -0.4 is 5.73 Å². The molecule has 0 fully saturated rings. The molecule has 0 aliphatic heterocycles. The van der Waals surface area contributed by atoms with Crippen LogP contribution in [0.3, 0.4) is 0 Å². The molecule has 3 N–H and O–H groups in total. The first-order chi connectivity index (χ1) is 6.72. The Balaban J connectivity index is 2.61. The number of nitrogens with one attached hydrogen (secondary N) is 1. The number of hydrogen-bond acceptors (Lipinski definition) is 3. The summed E-state index contributed by atoms with van der Waals surface area (Å²) in [7, 11) is 0. The van der Waals surface area contributed by atoms with Crippen molar-refractivity contribution in [2.75, 3.05) is 0 Å². The van der Waals surface area contributed by atoms with E-state index in [0.717, 1.165) is 31.4 Å². The normalized spacial score (nSPS) is 20.6. The quantitative estimate of drug-likeness (QED) is 0.696. The summed E-state index contributed by atoms with van der Waals surface area (Å²) in [6, 6.07) is 0.146. The summed E-state index contributed by atoms with van der Waals surface area (Å²) in [4.78, 5) is 7.49. The van der Waals surface area contributed by atoms with Crippen LogP contribution in [-0.4, -0.2) is 9.97 Å². The molecule has 1 atom stereocenters. The Bertz CT molecular complexity index is 377. The maximum Gasteiger partial charge on any atom is 0.197 e. The second kappa shape index (κ2) is 3.79.